The van der Waals surface area contributed by atoms with Crippen molar-refractivity contribution in [3.8, 4) is 5.75 Å². The second-order valence-corrected chi connectivity index (χ2v) is 4.01. The lowest BCUT2D eigenvalue weighted by Crippen LogP contribution is -2.05. The number of rotatable bonds is 3. The van der Waals surface area contributed by atoms with Crippen molar-refractivity contribution in [2.75, 3.05) is 0 Å². The monoisotopic (exact) mass is 206 g/mol. The Kier molecular flexibility index (Phi) is 3.51. The number of phenolic OH excluding ortho intramolecular Hbond substituents is 1. The first-order valence-electron chi connectivity index (χ1n) is 5.32. The Labute approximate surface area is 90.9 Å². The largest absolute Gasteiger partial charge is 0.508 e. The maximum atomic E-state index is 11.9. The van der Waals surface area contributed by atoms with Crippen LogP contribution in [0.25, 0.3) is 0 Å². The normalized spacial score (nSPS) is 10.4. The minimum absolute atomic E-state index is 0.176. The third kappa shape index (κ3) is 2.20. The quantitative estimate of drug-likeness (QED) is 0.770. The van der Waals surface area contributed by atoms with Gasteiger partial charge >= 0.3 is 0 Å². The molecule has 1 rings (SSSR count). The number of hydrogen-bond donors (Lipinski definition) is 1. The molecule has 0 unspecified atom stereocenters. The van der Waals surface area contributed by atoms with Gasteiger partial charge in [-0.2, -0.15) is 0 Å². The van der Waals surface area contributed by atoms with E-state index < -0.39 is 0 Å². The molecule has 0 aliphatic heterocycles. The molecule has 0 radical (unpaired) electrons. The predicted octanol–water partition coefficient (Wildman–Crippen LogP) is 3.30. The molecular weight excluding hydrogens is 188 g/mol. The lowest BCUT2D eigenvalue weighted by Gasteiger charge is -2.12. The van der Waals surface area contributed by atoms with E-state index in [1.165, 1.54) is 0 Å². The Morgan fingerprint density at radius 1 is 1.27 bits per heavy atom. The standard InChI is InChI=1S/C13H18O2/c1-5-6-11(14)13-8(2)7-12(15)9(3)10(13)4/h7,15H,5-6H2,1-4H3. The van der Waals surface area contributed by atoms with Gasteiger partial charge in [0.1, 0.15) is 5.75 Å². The van der Waals surface area contributed by atoms with Crippen molar-refractivity contribution in [2.45, 2.75) is 40.5 Å². The van der Waals surface area contributed by atoms with E-state index in [2.05, 4.69) is 0 Å². The summed E-state index contributed by atoms with van der Waals surface area (Å²) in [4.78, 5) is 11.9. The van der Waals surface area contributed by atoms with Crippen LogP contribution in [-0.2, 0) is 0 Å². The minimum atomic E-state index is 0.176. The molecule has 0 atom stereocenters. The summed E-state index contributed by atoms with van der Waals surface area (Å²) in [5.41, 5.74) is 3.37. The van der Waals surface area contributed by atoms with Gasteiger partial charge < -0.3 is 5.11 Å². The van der Waals surface area contributed by atoms with Crippen molar-refractivity contribution in [1.82, 2.24) is 0 Å². The molecule has 1 N–H and O–H groups in total. The Hall–Kier alpha value is -1.31. The van der Waals surface area contributed by atoms with Gasteiger partial charge in [0.25, 0.3) is 0 Å². The van der Waals surface area contributed by atoms with Gasteiger partial charge in [0.15, 0.2) is 5.78 Å². The molecule has 2 nitrogen and oxygen atoms in total. The molecule has 0 aromatic heterocycles. The van der Waals surface area contributed by atoms with E-state index in [-0.39, 0.29) is 11.5 Å². The number of benzene rings is 1. The van der Waals surface area contributed by atoms with Crippen LogP contribution in [0.2, 0.25) is 0 Å². The fourth-order valence-corrected chi connectivity index (χ4v) is 1.84. The van der Waals surface area contributed by atoms with E-state index in [0.29, 0.717) is 6.42 Å². The van der Waals surface area contributed by atoms with E-state index in [0.717, 1.165) is 28.7 Å². The van der Waals surface area contributed by atoms with E-state index in [9.17, 15) is 9.90 Å². The van der Waals surface area contributed by atoms with Crippen molar-refractivity contribution >= 4 is 5.78 Å². The van der Waals surface area contributed by atoms with Crippen molar-refractivity contribution in [2.24, 2.45) is 0 Å². The average molecular weight is 206 g/mol. The number of Topliss-reactive ketones (excluding diaryl/α,β-unsaturated/α-hetero) is 1. The average Bonchev–Trinajstić information content (AvgIpc) is 2.15. The molecule has 0 saturated carbocycles. The smallest absolute Gasteiger partial charge is 0.163 e. The lowest BCUT2D eigenvalue weighted by atomic mass is 9.93. The fourth-order valence-electron chi connectivity index (χ4n) is 1.84. The number of phenols is 1. The van der Waals surface area contributed by atoms with E-state index in [1.54, 1.807) is 6.07 Å². The van der Waals surface area contributed by atoms with Crippen molar-refractivity contribution < 1.29 is 9.90 Å². The number of ketones is 1. The zero-order chi connectivity index (χ0) is 11.6. The van der Waals surface area contributed by atoms with Gasteiger partial charge in [-0.15, -0.1) is 0 Å². The topological polar surface area (TPSA) is 37.3 Å². The highest BCUT2D eigenvalue weighted by atomic mass is 16.3. The third-order valence-electron chi connectivity index (χ3n) is 2.83. The zero-order valence-corrected chi connectivity index (χ0v) is 9.85. The van der Waals surface area contributed by atoms with Crippen LogP contribution in [0.5, 0.6) is 5.75 Å². The number of hydrogen-bond acceptors (Lipinski definition) is 2. The van der Waals surface area contributed by atoms with Gasteiger partial charge in [0.05, 0.1) is 0 Å². The second-order valence-electron chi connectivity index (χ2n) is 4.01. The van der Waals surface area contributed by atoms with Crippen LogP contribution < -0.4 is 0 Å². The Bertz CT molecular complexity index is 392. The van der Waals surface area contributed by atoms with E-state index in [1.807, 2.05) is 27.7 Å². The van der Waals surface area contributed by atoms with Crippen LogP contribution in [0.4, 0.5) is 0 Å². The molecule has 1 aromatic rings. The number of aromatic hydroxyl groups is 1. The Balaban J connectivity index is 3.29. The van der Waals surface area contributed by atoms with Gasteiger partial charge in [-0.3, -0.25) is 4.79 Å². The summed E-state index contributed by atoms with van der Waals surface area (Å²) < 4.78 is 0. The number of aryl methyl sites for hydroxylation is 1. The highest BCUT2D eigenvalue weighted by molar-refractivity contribution is 5.99. The molecule has 0 heterocycles. The van der Waals surface area contributed by atoms with Crippen LogP contribution in [0.1, 0.15) is 46.8 Å². The summed E-state index contributed by atoms with van der Waals surface area (Å²) >= 11 is 0. The van der Waals surface area contributed by atoms with Crippen LogP contribution in [0.15, 0.2) is 6.07 Å². The highest BCUT2D eigenvalue weighted by Crippen LogP contribution is 2.27. The third-order valence-corrected chi connectivity index (χ3v) is 2.83. The van der Waals surface area contributed by atoms with Gasteiger partial charge in [-0.05, 0) is 49.9 Å². The van der Waals surface area contributed by atoms with E-state index >= 15 is 0 Å². The SMILES string of the molecule is CCCC(=O)c1c(C)cc(O)c(C)c1C. The molecule has 0 aliphatic rings. The van der Waals surface area contributed by atoms with Crippen molar-refractivity contribution in [3.05, 3.63) is 28.3 Å². The number of carbonyl (C=O) groups excluding carboxylic acids is 1. The second kappa shape index (κ2) is 4.47. The first kappa shape index (κ1) is 11.8. The lowest BCUT2D eigenvalue weighted by molar-refractivity contribution is 0.0980. The van der Waals surface area contributed by atoms with Crippen molar-refractivity contribution in [1.29, 1.82) is 0 Å². The highest BCUT2D eigenvalue weighted by Gasteiger charge is 2.15. The number of carbonyl (C=O) groups is 1. The first-order chi connectivity index (χ1) is 6.99. The zero-order valence-electron chi connectivity index (χ0n) is 9.85. The maximum absolute atomic E-state index is 11.9. The van der Waals surface area contributed by atoms with Gasteiger partial charge in [-0.25, -0.2) is 0 Å². The molecule has 15 heavy (non-hydrogen) atoms. The molecular formula is C13H18O2. The van der Waals surface area contributed by atoms with Gasteiger partial charge in [0.2, 0.25) is 0 Å². The van der Waals surface area contributed by atoms with E-state index in [4.69, 9.17) is 0 Å². The fraction of sp³-hybridized carbons (Fsp3) is 0.462. The summed E-state index contributed by atoms with van der Waals surface area (Å²) in [6.07, 6.45) is 1.43. The van der Waals surface area contributed by atoms with Gasteiger partial charge in [0, 0.05) is 12.0 Å². The van der Waals surface area contributed by atoms with Crippen LogP contribution >= 0.6 is 0 Å². The summed E-state index contributed by atoms with van der Waals surface area (Å²) in [7, 11) is 0. The van der Waals surface area contributed by atoms with Gasteiger partial charge in [-0.1, -0.05) is 6.92 Å². The molecule has 0 aliphatic carbocycles. The van der Waals surface area contributed by atoms with Crippen molar-refractivity contribution in [3.63, 3.8) is 0 Å². The summed E-state index contributed by atoms with van der Waals surface area (Å²) in [6, 6.07) is 1.67. The summed E-state index contributed by atoms with van der Waals surface area (Å²) in [5, 5.41) is 9.61. The summed E-state index contributed by atoms with van der Waals surface area (Å²) in [6.45, 7) is 7.60. The molecule has 0 amide bonds. The Morgan fingerprint density at radius 2 is 1.87 bits per heavy atom. The molecule has 0 spiro atoms. The van der Waals surface area contributed by atoms with Crippen LogP contribution in [0.3, 0.4) is 0 Å². The molecule has 1 aromatic carbocycles. The predicted molar refractivity (Wildman–Crippen MR) is 61.6 cm³/mol. The molecule has 0 saturated heterocycles. The summed E-state index contributed by atoms with van der Waals surface area (Å²) in [5.74, 6) is 0.452. The molecule has 82 valence electrons. The van der Waals surface area contributed by atoms with Crippen LogP contribution in [-0.4, -0.2) is 10.9 Å². The maximum Gasteiger partial charge on any atom is 0.163 e. The Morgan fingerprint density at radius 3 is 2.40 bits per heavy atom. The molecule has 0 fully saturated rings. The molecule has 2 heteroatoms. The minimum Gasteiger partial charge on any atom is -0.508 e. The van der Waals surface area contributed by atoms with Crippen LogP contribution in [0, 0.1) is 20.8 Å². The first-order valence-corrected chi connectivity index (χ1v) is 5.32. The molecule has 0 bridgehead atoms.